The highest BCUT2D eigenvalue weighted by atomic mass is 32.1. The van der Waals surface area contributed by atoms with E-state index >= 15 is 0 Å². The van der Waals surface area contributed by atoms with E-state index in [4.69, 9.17) is 21.7 Å². The fourth-order valence-electron chi connectivity index (χ4n) is 2.42. The molecule has 1 aliphatic heterocycles. The number of benzene rings is 2. The van der Waals surface area contributed by atoms with Gasteiger partial charge in [-0.2, -0.15) is 0 Å². The molecule has 4 nitrogen and oxygen atoms in total. The molecule has 0 radical (unpaired) electrons. The lowest BCUT2D eigenvalue weighted by molar-refractivity contribution is 0.414. The van der Waals surface area contributed by atoms with Gasteiger partial charge in [-0.05, 0) is 48.1 Å². The number of hydrogen-bond acceptors (Lipinski definition) is 3. The molecule has 5 heteroatoms. The molecule has 108 valence electrons. The van der Waals surface area contributed by atoms with Crippen LogP contribution in [0.4, 0.5) is 11.4 Å². The van der Waals surface area contributed by atoms with Crippen molar-refractivity contribution < 1.29 is 9.47 Å². The second-order valence-corrected chi connectivity index (χ2v) is 5.10. The number of hydrogen-bond donors (Lipinski definition) is 1. The van der Waals surface area contributed by atoms with Crippen molar-refractivity contribution in [1.82, 2.24) is 0 Å². The number of fused-ring (bicyclic) bond motifs is 1. The van der Waals surface area contributed by atoms with Gasteiger partial charge < -0.3 is 19.7 Å². The number of nitrogens with zero attached hydrogens (tertiary/aromatic N) is 1. The molecule has 0 bridgehead atoms. The number of nitrogens with one attached hydrogen (secondary N) is 1. The van der Waals surface area contributed by atoms with E-state index in [0.29, 0.717) is 11.7 Å². The molecule has 2 aromatic carbocycles. The predicted molar refractivity (Wildman–Crippen MR) is 88.4 cm³/mol. The molecule has 0 fully saturated rings. The van der Waals surface area contributed by atoms with Crippen LogP contribution in [-0.2, 0) is 6.54 Å². The monoisotopic (exact) mass is 300 g/mol. The van der Waals surface area contributed by atoms with Crippen LogP contribution in [0, 0.1) is 0 Å². The van der Waals surface area contributed by atoms with Crippen LogP contribution >= 0.6 is 12.2 Å². The van der Waals surface area contributed by atoms with E-state index in [0.717, 1.165) is 28.4 Å². The Balaban J connectivity index is 1.99. The Morgan fingerprint density at radius 3 is 2.67 bits per heavy atom. The number of para-hydroxylation sites is 2. The van der Waals surface area contributed by atoms with Gasteiger partial charge in [0.15, 0.2) is 5.11 Å². The van der Waals surface area contributed by atoms with Gasteiger partial charge in [-0.3, -0.25) is 0 Å². The van der Waals surface area contributed by atoms with Crippen LogP contribution in [0.15, 0.2) is 42.5 Å². The molecule has 0 spiro atoms. The van der Waals surface area contributed by atoms with Crippen LogP contribution in [0.1, 0.15) is 5.56 Å². The molecule has 0 unspecified atom stereocenters. The zero-order valence-electron chi connectivity index (χ0n) is 11.9. The Bertz CT molecular complexity index is 688. The minimum atomic E-state index is 0.664. The first-order valence-corrected chi connectivity index (χ1v) is 7.02. The Labute approximate surface area is 129 Å². The maximum atomic E-state index is 5.48. The van der Waals surface area contributed by atoms with Gasteiger partial charge in [0.1, 0.15) is 11.5 Å². The highest BCUT2D eigenvalue weighted by Crippen LogP contribution is 2.34. The van der Waals surface area contributed by atoms with Gasteiger partial charge in [0.25, 0.3) is 0 Å². The summed E-state index contributed by atoms with van der Waals surface area (Å²) >= 11 is 5.48. The highest BCUT2D eigenvalue weighted by molar-refractivity contribution is 7.80. The summed E-state index contributed by atoms with van der Waals surface area (Å²) in [4.78, 5) is 2.02. The zero-order chi connectivity index (χ0) is 14.8. The normalized spacial score (nSPS) is 13.4. The number of thiocarbonyl (C=S) groups is 1. The number of ether oxygens (including phenoxy) is 2. The minimum Gasteiger partial charge on any atom is -0.497 e. The maximum absolute atomic E-state index is 5.48. The van der Waals surface area contributed by atoms with Crippen molar-refractivity contribution in [2.75, 3.05) is 24.4 Å². The summed E-state index contributed by atoms with van der Waals surface area (Å²) in [5.74, 6) is 1.64. The fraction of sp³-hybridized carbons (Fsp3) is 0.188. The zero-order valence-corrected chi connectivity index (χ0v) is 12.7. The molecule has 0 atom stereocenters. The van der Waals surface area contributed by atoms with Crippen molar-refractivity contribution in [3.63, 3.8) is 0 Å². The Morgan fingerprint density at radius 1 is 1.10 bits per heavy atom. The van der Waals surface area contributed by atoms with E-state index < -0.39 is 0 Å². The van der Waals surface area contributed by atoms with Gasteiger partial charge >= 0.3 is 0 Å². The molecule has 0 saturated carbocycles. The summed E-state index contributed by atoms with van der Waals surface area (Å²) < 4.78 is 10.7. The third-order valence-corrected chi connectivity index (χ3v) is 3.83. The second kappa shape index (κ2) is 5.61. The Hall–Kier alpha value is -2.27. The van der Waals surface area contributed by atoms with Crippen LogP contribution in [0.2, 0.25) is 0 Å². The lowest BCUT2D eigenvalue weighted by atomic mass is 10.1. The number of methoxy groups -OCH3 is 2. The maximum Gasteiger partial charge on any atom is 0.178 e. The smallest absolute Gasteiger partial charge is 0.178 e. The molecular formula is C16H16N2O2S. The van der Waals surface area contributed by atoms with Crippen molar-refractivity contribution >= 4 is 28.7 Å². The molecule has 2 aromatic rings. The quantitative estimate of drug-likeness (QED) is 0.878. The van der Waals surface area contributed by atoms with Crippen molar-refractivity contribution in [1.29, 1.82) is 0 Å². The molecular weight excluding hydrogens is 284 g/mol. The molecule has 0 saturated heterocycles. The molecule has 0 amide bonds. The molecule has 1 N–H and O–H groups in total. The molecule has 3 rings (SSSR count). The van der Waals surface area contributed by atoms with Gasteiger partial charge in [-0.15, -0.1) is 0 Å². The van der Waals surface area contributed by atoms with Crippen molar-refractivity contribution in [2.45, 2.75) is 6.54 Å². The van der Waals surface area contributed by atoms with Crippen molar-refractivity contribution in [2.24, 2.45) is 0 Å². The van der Waals surface area contributed by atoms with E-state index in [1.807, 2.05) is 47.4 Å². The van der Waals surface area contributed by atoms with Crippen LogP contribution in [0.5, 0.6) is 11.5 Å². The third kappa shape index (κ3) is 2.52. The van der Waals surface area contributed by atoms with Gasteiger partial charge in [-0.25, -0.2) is 0 Å². The van der Waals surface area contributed by atoms with Gasteiger partial charge in [0.2, 0.25) is 0 Å². The first-order valence-electron chi connectivity index (χ1n) is 6.61. The topological polar surface area (TPSA) is 33.7 Å². The largest absolute Gasteiger partial charge is 0.497 e. The third-order valence-electron chi connectivity index (χ3n) is 3.50. The van der Waals surface area contributed by atoms with E-state index in [2.05, 4.69) is 5.32 Å². The summed E-state index contributed by atoms with van der Waals surface area (Å²) in [6, 6.07) is 13.8. The van der Waals surface area contributed by atoms with Gasteiger partial charge in [0, 0.05) is 5.69 Å². The van der Waals surface area contributed by atoms with Crippen molar-refractivity contribution in [3.8, 4) is 11.5 Å². The van der Waals surface area contributed by atoms with E-state index in [9.17, 15) is 0 Å². The summed E-state index contributed by atoms with van der Waals surface area (Å²) in [7, 11) is 3.33. The van der Waals surface area contributed by atoms with E-state index in [1.165, 1.54) is 0 Å². The first-order chi connectivity index (χ1) is 10.2. The number of rotatable bonds is 3. The fourth-order valence-corrected chi connectivity index (χ4v) is 2.69. The summed E-state index contributed by atoms with van der Waals surface area (Å²) in [5, 5.41) is 3.92. The average molecular weight is 300 g/mol. The van der Waals surface area contributed by atoms with Crippen LogP contribution < -0.4 is 19.7 Å². The highest BCUT2D eigenvalue weighted by Gasteiger charge is 2.23. The van der Waals surface area contributed by atoms with Gasteiger partial charge in [-0.1, -0.05) is 12.1 Å². The van der Waals surface area contributed by atoms with Gasteiger partial charge in [0.05, 0.1) is 26.5 Å². The summed E-state index contributed by atoms with van der Waals surface area (Å²) in [6.07, 6.45) is 0. The molecule has 0 aliphatic carbocycles. The number of anilines is 2. The lowest BCUT2D eigenvalue weighted by Gasteiger charge is -2.32. The minimum absolute atomic E-state index is 0.664. The summed E-state index contributed by atoms with van der Waals surface area (Å²) in [6.45, 7) is 0.679. The van der Waals surface area contributed by atoms with Crippen molar-refractivity contribution in [3.05, 3.63) is 48.0 Å². The molecule has 0 aromatic heterocycles. The lowest BCUT2D eigenvalue weighted by Crippen LogP contribution is -2.38. The van der Waals surface area contributed by atoms with E-state index in [-0.39, 0.29) is 0 Å². The van der Waals surface area contributed by atoms with Crippen LogP contribution in [-0.4, -0.2) is 19.3 Å². The van der Waals surface area contributed by atoms with E-state index in [1.54, 1.807) is 14.2 Å². The second-order valence-electron chi connectivity index (χ2n) is 4.71. The standard InChI is InChI=1S/C16H16N2O2S/c1-19-12-7-8-13-11(9-12)10-18(16(21)17-13)14-5-3-4-6-15(14)20-2/h3-9H,10H2,1-2H3,(H,17,21). The molecule has 1 heterocycles. The molecule has 21 heavy (non-hydrogen) atoms. The van der Waals surface area contributed by atoms with Crippen LogP contribution in [0.3, 0.4) is 0 Å². The van der Waals surface area contributed by atoms with Crippen LogP contribution in [0.25, 0.3) is 0 Å². The predicted octanol–water partition coefficient (Wildman–Crippen LogP) is 3.42. The first kappa shape index (κ1) is 13.7. The Morgan fingerprint density at radius 2 is 1.90 bits per heavy atom. The molecule has 1 aliphatic rings. The SMILES string of the molecule is COc1ccc2c(c1)CN(c1ccccc1OC)C(=S)N2. The summed E-state index contributed by atoms with van der Waals surface area (Å²) in [5.41, 5.74) is 3.10. The Kier molecular flexibility index (Phi) is 3.66. The average Bonchev–Trinajstić information content (AvgIpc) is 2.53.